The molecule has 0 fully saturated rings. The molecule has 0 aliphatic rings. The molecule has 1 N–H and O–H groups in total. The van der Waals surface area contributed by atoms with Crippen LogP contribution in [0.25, 0.3) is 0 Å². The number of phenols is 1. The van der Waals surface area contributed by atoms with E-state index >= 15 is 0 Å². The minimum absolute atomic E-state index is 0.351. The van der Waals surface area contributed by atoms with Crippen LogP contribution in [0.15, 0.2) is 24.3 Å². The first-order valence-corrected chi connectivity index (χ1v) is 3.54. The first-order chi connectivity index (χ1) is 3.79. The monoisotopic (exact) mass is 116 g/mol. The van der Waals surface area contributed by atoms with Crippen molar-refractivity contribution in [3.8, 4) is 5.75 Å². The molecule has 0 spiro atoms. The summed E-state index contributed by atoms with van der Waals surface area (Å²) in [6.45, 7) is 0. The van der Waals surface area contributed by atoms with E-state index in [9.17, 15) is 0 Å². The van der Waals surface area contributed by atoms with Crippen LogP contribution in [-0.2, 0) is 0 Å². The Hall–Kier alpha value is 0.0200. The Morgan fingerprint density at radius 1 is 1.12 bits per heavy atom. The molecule has 0 heterocycles. The topological polar surface area (TPSA) is 20.2 Å². The van der Waals surface area contributed by atoms with Gasteiger partial charge in [0.2, 0.25) is 0 Å². The molecule has 0 aliphatic carbocycles. The summed E-state index contributed by atoms with van der Waals surface area (Å²) in [6, 6.07) is 7.29. The maximum atomic E-state index is 8.77. The van der Waals surface area contributed by atoms with E-state index in [-0.39, 0.29) is 0 Å². The van der Waals surface area contributed by atoms with Crippen molar-refractivity contribution >= 4 is 30.7 Å². The van der Waals surface area contributed by atoms with Gasteiger partial charge in [-0.2, -0.15) is 0 Å². The predicted octanol–water partition coefficient (Wildman–Crippen LogP) is 0.186. The summed E-state index contributed by atoms with van der Waals surface area (Å²) in [7, 11) is 0. The fraction of sp³-hybridized carbons (Fsp3) is 0. The molecule has 0 saturated heterocycles. The molecule has 0 bridgehead atoms. The molecule has 0 unspecified atom stereocenters. The molecule has 1 rings (SSSR count). The van der Waals surface area contributed by atoms with E-state index in [0.717, 1.165) is 27.9 Å². The van der Waals surface area contributed by atoms with E-state index < -0.39 is 0 Å². The van der Waals surface area contributed by atoms with Crippen molar-refractivity contribution in [1.82, 2.24) is 0 Å². The van der Waals surface area contributed by atoms with Crippen LogP contribution in [0.4, 0.5) is 0 Å². The third-order valence-corrected chi connectivity index (χ3v) is 1.70. The van der Waals surface area contributed by atoms with E-state index in [1.54, 1.807) is 12.1 Å². The molecule has 8 heavy (non-hydrogen) atoms. The SMILES string of the molecule is Oc1cc[c]([Na])cc1. The molecule has 0 amide bonds. The number of phenolic OH excluding ortho intramolecular Hbond substituents is 1. The van der Waals surface area contributed by atoms with Gasteiger partial charge in [0, 0.05) is 0 Å². The van der Waals surface area contributed by atoms with Gasteiger partial charge in [-0.3, -0.25) is 0 Å². The van der Waals surface area contributed by atoms with Gasteiger partial charge in [-0.1, -0.05) is 0 Å². The van der Waals surface area contributed by atoms with Gasteiger partial charge in [-0.15, -0.1) is 0 Å². The van der Waals surface area contributed by atoms with E-state index in [0.29, 0.717) is 5.75 Å². The van der Waals surface area contributed by atoms with E-state index in [2.05, 4.69) is 0 Å². The quantitative estimate of drug-likeness (QED) is 0.479. The summed E-state index contributed by atoms with van der Waals surface area (Å²) in [6.07, 6.45) is 0. The Morgan fingerprint density at radius 3 is 2.00 bits per heavy atom. The Labute approximate surface area is 65.8 Å². The van der Waals surface area contributed by atoms with Crippen LogP contribution in [0.3, 0.4) is 0 Å². The molecule has 0 aromatic heterocycles. The first-order valence-electron chi connectivity index (χ1n) is 2.54. The van der Waals surface area contributed by atoms with Gasteiger partial charge in [0.15, 0.2) is 0 Å². The number of hydrogen-bond acceptors (Lipinski definition) is 1. The zero-order valence-electron chi connectivity index (χ0n) is 4.76. The third-order valence-electron chi connectivity index (χ3n) is 1.03. The van der Waals surface area contributed by atoms with Crippen LogP contribution in [0.1, 0.15) is 0 Å². The van der Waals surface area contributed by atoms with E-state index in [1.807, 2.05) is 12.1 Å². The average Bonchev–Trinajstić information content (AvgIpc) is 1.77. The second kappa shape index (κ2) is 2.53. The summed E-state index contributed by atoms with van der Waals surface area (Å²) in [4.78, 5) is 0. The number of hydrogen-bond donors (Lipinski definition) is 1. The van der Waals surface area contributed by atoms with Crippen molar-refractivity contribution in [2.45, 2.75) is 0 Å². The Balaban J connectivity index is 3.03. The van der Waals surface area contributed by atoms with E-state index in [4.69, 9.17) is 5.11 Å². The van der Waals surface area contributed by atoms with Crippen molar-refractivity contribution in [1.29, 1.82) is 0 Å². The normalized spacial score (nSPS) is 9.25. The average molecular weight is 116 g/mol. The summed E-state index contributed by atoms with van der Waals surface area (Å²) in [5.41, 5.74) is 0. The van der Waals surface area contributed by atoms with Crippen LogP contribution in [-0.4, -0.2) is 33.0 Å². The minimum atomic E-state index is 0.351. The van der Waals surface area contributed by atoms with Gasteiger partial charge in [0.25, 0.3) is 0 Å². The van der Waals surface area contributed by atoms with Crippen molar-refractivity contribution < 1.29 is 5.11 Å². The molecular formula is C6H5NaO. The van der Waals surface area contributed by atoms with Crippen LogP contribution in [0.5, 0.6) is 5.75 Å². The fourth-order valence-electron chi connectivity index (χ4n) is 0.545. The number of rotatable bonds is 0. The van der Waals surface area contributed by atoms with Crippen LogP contribution in [0.2, 0.25) is 0 Å². The van der Waals surface area contributed by atoms with Gasteiger partial charge in [-0.05, 0) is 0 Å². The maximum absolute atomic E-state index is 8.77. The Morgan fingerprint density at radius 2 is 1.62 bits per heavy atom. The Kier molecular flexibility index (Phi) is 1.95. The van der Waals surface area contributed by atoms with Gasteiger partial charge < -0.3 is 0 Å². The van der Waals surface area contributed by atoms with Crippen LogP contribution >= 0.6 is 0 Å². The predicted molar refractivity (Wildman–Crippen MR) is 33.5 cm³/mol. The Bertz CT molecular complexity index is 147. The zero-order chi connectivity index (χ0) is 5.98. The molecular weight excluding hydrogens is 111 g/mol. The number of aromatic hydroxyl groups is 1. The molecule has 0 atom stereocenters. The van der Waals surface area contributed by atoms with Gasteiger partial charge in [0.05, 0.1) is 0 Å². The summed E-state index contributed by atoms with van der Waals surface area (Å²) in [5.74, 6) is 0.351. The second-order valence-corrected chi connectivity index (χ2v) is 2.99. The first kappa shape index (κ1) is 6.14. The van der Waals surface area contributed by atoms with Gasteiger partial charge >= 0.3 is 65.9 Å². The third kappa shape index (κ3) is 1.51. The summed E-state index contributed by atoms with van der Waals surface area (Å²) in [5, 5.41) is 8.77. The molecule has 36 valence electrons. The molecule has 2 heteroatoms. The van der Waals surface area contributed by atoms with E-state index in [1.165, 1.54) is 2.81 Å². The van der Waals surface area contributed by atoms with Crippen molar-refractivity contribution in [3.05, 3.63) is 24.3 Å². The summed E-state index contributed by atoms with van der Waals surface area (Å²) >= 11 is 1.06. The van der Waals surface area contributed by atoms with Crippen molar-refractivity contribution in [2.24, 2.45) is 0 Å². The molecule has 1 nitrogen and oxygen atoms in total. The van der Waals surface area contributed by atoms with Gasteiger partial charge in [-0.25, -0.2) is 0 Å². The fourth-order valence-corrected chi connectivity index (χ4v) is 0.878. The standard InChI is InChI=1S/C6H5O.Na/c7-6-4-2-1-3-5-6;/h2-5,7H;. The second-order valence-electron chi connectivity index (χ2n) is 1.84. The molecule has 1 aromatic carbocycles. The molecule has 0 radical (unpaired) electrons. The molecule has 0 aliphatic heterocycles. The molecule has 0 saturated carbocycles. The zero-order valence-corrected chi connectivity index (χ0v) is 6.76. The van der Waals surface area contributed by atoms with Gasteiger partial charge in [0.1, 0.15) is 0 Å². The van der Waals surface area contributed by atoms with Crippen LogP contribution < -0.4 is 2.81 Å². The van der Waals surface area contributed by atoms with Crippen LogP contribution in [0, 0.1) is 0 Å². The van der Waals surface area contributed by atoms with Crippen molar-refractivity contribution in [3.63, 3.8) is 0 Å². The number of benzene rings is 1. The summed E-state index contributed by atoms with van der Waals surface area (Å²) < 4.78 is 1.31. The molecule has 1 aromatic rings. The van der Waals surface area contributed by atoms with Crippen molar-refractivity contribution in [2.75, 3.05) is 0 Å².